The lowest BCUT2D eigenvalue weighted by Crippen LogP contribution is -2.31. The summed E-state index contributed by atoms with van der Waals surface area (Å²) in [6.45, 7) is 2.66. The Hall–Kier alpha value is -2.96. The van der Waals surface area contributed by atoms with Gasteiger partial charge in [0, 0.05) is 7.05 Å². The fourth-order valence-corrected chi connectivity index (χ4v) is 1.86. The van der Waals surface area contributed by atoms with E-state index in [2.05, 4.69) is 9.97 Å². The summed E-state index contributed by atoms with van der Waals surface area (Å²) in [5.74, 6) is -0.752. The van der Waals surface area contributed by atoms with Crippen LogP contribution in [0, 0.1) is 6.92 Å². The number of carbonyl (C=O) groups is 2. The molecule has 2 rings (SSSR count). The van der Waals surface area contributed by atoms with Crippen molar-refractivity contribution < 1.29 is 19.4 Å². The van der Waals surface area contributed by atoms with Crippen molar-refractivity contribution in [2.75, 3.05) is 20.2 Å². The number of likely N-dealkylation sites (N-methyl/N-ethyl adjacent to an activating group) is 1. The zero-order chi connectivity index (χ0) is 16.8. The summed E-state index contributed by atoms with van der Waals surface area (Å²) < 4.78 is 5.64. The minimum absolute atomic E-state index is 0.0911. The molecule has 2 aromatic rings. The smallest absolute Gasteiger partial charge is 0.356 e. The molecule has 1 aromatic carbocycles. The first kappa shape index (κ1) is 16.4. The number of hydrogen-bond donors (Lipinski definition) is 1. The monoisotopic (exact) mass is 315 g/mol. The number of carboxylic acid groups (broad SMARTS) is 1. The Labute approximate surface area is 133 Å². The molecule has 7 heteroatoms. The van der Waals surface area contributed by atoms with Crippen molar-refractivity contribution in [3.63, 3.8) is 0 Å². The number of aryl methyl sites for hydroxylation is 1. The summed E-state index contributed by atoms with van der Waals surface area (Å²) >= 11 is 0. The summed E-state index contributed by atoms with van der Waals surface area (Å²) in [5.41, 5.74) is 0.914. The molecule has 0 saturated heterocycles. The van der Waals surface area contributed by atoms with Gasteiger partial charge in [0.05, 0.1) is 18.9 Å². The molecular formula is C16H17N3O4. The maximum Gasteiger partial charge on any atom is 0.356 e. The van der Waals surface area contributed by atoms with Crippen molar-refractivity contribution in [1.29, 1.82) is 0 Å². The third-order valence-electron chi connectivity index (χ3n) is 3.21. The second-order valence-electron chi connectivity index (χ2n) is 4.93. The van der Waals surface area contributed by atoms with Gasteiger partial charge in [-0.1, -0.05) is 18.2 Å². The molecule has 1 N–H and O–H groups in total. The van der Waals surface area contributed by atoms with Crippen LogP contribution >= 0.6 is 0 Å². The number of amides is 1. The summed E-state index contributed by atoms with van der Waals surface area (Å²) in [5, 5.41) is 8.76. The molecule has 0 aliphatic heterocycles. The van der Waals surface area contributed by atoms with Gasteiger partial charge in [0.15, 0.2) is 5.69 Å². The number of aromatic nitrogens is 2. The Kier molecular flexibility index (Phi) is 5.24. The predicted molar refractivity (Wildman–Crippen MR) is 82.6 cm³/mol. The lowest BCUT2D eigenvalue weighted by molar-refractivity contribution is 0.0686. The second kappa shape index (κ2) is 7.35. The molecule has 0 saturated carbocycles. The molecule has 0 atom stereocenters. The molecule has 0 unspecified atom stereocenters. The molecule has 0 aliphatic carbocycles. The number of carboxylic acids is 1. The van der Waals surface area contributed by atoms with Crippen LogP contribution in [0.5, 0.6) is 5.75 Å². The van der Waals surface area contributed by atoms with Crippen LogP contribution in [0.1, 0.15) is 26.5 Å². The Morgan fingerprint density at radius 1 is 1.17 bits per heavy atom. The maximum absolute atomic E-state index is 12.2. The first-order chi connectivity index (χ1) is 11.0. The molecule has 7 nitrogen and oxygen atoms in total. The van der Waals surface area contributed by atoms with Crippen molar-refractivity contribution in [1.82, 2.24) is 14.9 Å². The third-order valence-corrected chi connectivity index (χ3v) is 3.21. The van der Waals surface area contributed by atoms with Gasteiger partial charge in [-0.05, 0) is 18.6 Å². The van der Waals surface area contributed by atoms with Crippen LogP contribution in [0.25, 0.3) is 0 Å². The molecule has 1 heterocycles. The van der Waals surface area contributed by atoms with E-state index < -0.39 is 5.97 Å². The number of hydrogen-bond acceptors (Lipinski definition) is 5. The fourth-order valence-electron chi connectivity index (χ4n) is 1.86. The van der Waals surface area contributed by atoms with Gasteiger partial charge < -0.3 is 14.7 Å². The summed E-state index contributed by atoms with van der Waals surface area (Å²) in [6.07, 6.45) is 2.22. The molecule has 0 spiro atoms. The normalized spacial score (nSPS) is 10.2. The van der Waals surface area contributed by atoms with Crippen LogP contribution in [0.4, 0.5) is 0 Å². The van der Waals surface area contributed by atoms with Crippen LogP contribution in [-0.2, 0) is 0 Å². The average Bonchev–Trinajstić information content (AvgIpc) is 2.56. The number of aromatic carboxylic acids is 1. The Morgan fingerprint density at radius 3 is 2.43 bits per heavy atom. The standard InChI is InChI=1S/C16H17N3O4/c1-11-5-3-4-6-14(11)23-8-7-19(2)15(20)12-9-18-13(10-17-12)16(21)22/h3-6,9-10H,7-8H2,1-2H3,(H,21,22). The number of para-hydroxylation sites is 1. The van der Waals surface area contributed by atoms with Crippen LogP contribution in [0.2, 0.25) is 0 Å². The highest BCUT2D eigenvalue weighted by atomic mass is 16.5. The molecular weight excluding hydrogens is 298 g/mol. The SMILES string of the molecule is Cc1ccccc1OCCN(C)C(=O)c1cnc(C(=O)O)cn1. The van der Waals surface area contributed by atoms with Gasteiger partial charge >= 0.3 is 5.97 Å². The molecule has 0 fully saturated rings. The first-order valence-electron chi connectivity index (χ1n) is 6.98. The van der Waals surface area contributed by atoms with Crippen LogP contribution < -0.4 is 4.74 Å². The van der Waals surface area contributed by atoms with E-state index in [1.807, 2.05) is 31.2 Å². The number of benzene rings is 1. The van der Waals surface area contributed by atoms with Crippen molar-refractivity contribution in [2.24, 2.45) is 0 Å². The number of carbonyl (C=O) groups excluding carboxylic acids is 1. The number of nitrogens with zero attached hydrogens (tertiary/aromatic N) is 3. The minimum atomic E-state index is -1.18. The van der Waals surface area contributed by atoms with E-state index in [-0.39, 0.29) is 17.3 Å². The largest absolute Gasteiger partial charge is 0.491 e. The van der Waals surface area contributed by atoms with Gasteiger partial charge in [0.2, 0.25) is 0 Å². The number of ether oxygens (including phenoxy) is 1. The summed E-state index contributed by atoms with van der Waals surface area (Å²) in [6, 6.07) is 7.63. The maximum atomic E-state index is 12.2. The van der Waals surface area contributed by atoms with Gasteiger partial charge in [-0.2, -0.15) is 0 Å². The van der Waals surface area contributed by atoms with E-state index in [0.717, 1.165) is 23.7 Å². The van der Waals surface area contributed by atoms with Gasteiger partial charge in [-0.3, -0.25) is 4.79 Å². The van der Waals surface area contributed by atoms with Gasteiger partial charge in [0.25, 0.3) is 5.91 Å². The van der Waals surface area contributed by atoms with E-state index in [1.54, 1.807) is 7.05 Å². The molecule has 1 aromatic heterocycles. The van der Waals surface area contributed by atoms with Crippen molar-refractivity contribution in [3.05, 3.63) is 53.6 Å². The Bertz CT molecular complexity index is 701. The van der Waals surface area contributed by atoms with Crippen LogP contribution in [0.15, 0.2) is 36.7 Å². The third kappa shape index (κ3) is 4.26. The van der Waals surface area contributed by atoms with Gasteiger partial charge in [-0.25, -0.2) is 14.8 Å². The molecule has 120 valence electrons. The van der Waals surface area contributed by atoms with Crippen molar-refractivity contribution in [2.45, 2.75) is 6.92 Å². The summed E-state index contributed by atoms with van der Waals surface area (Å²) in [7, 11) is 1.62. The van der Waals surface area contributed by atoms with Crippen molar-refractivity contribution >= 4 is 11.9 Å². The topological polar surface area (TPSA) is 92.6 Å². The zero-order valence-corrected chi connectivity index (χ0v) is 12.9. The highest BCUT2D eigenvalue weighted by molar-refractivity contribution is 5.92. The molecule has 0 radical (unpaired) electrons. The Morgan fingerprint density at radius 2 is 1.83 bits per heavy atom. The zero-order valence-electron chi connectivity index (χ0n) is 12.9. The molecule has 0 aliphatic rings. The van der Waals surface area contributed by atoms with E-state index in [9.17, 15) is 9.59 Å². The van der Waals surface area contributed by atoms with Gasteiger partial charge in [0.1, 0.15) is 18.1 Å². The quantitative estimate of drug-likeness (QED) is 0.871. The van der Waals surface area contributed by atoms with Gasteiger partial charge in [-0.15, -0.1) is 0 Å². The first-order valence-corrected chi connectivity index (χ1v) is 6.98. The fraction of sp³-hybridized carbons (Fsp3) is 0.250. The lowest BCUT2D eigenvalue weighted by Gasteiger charge is -2.17. The van der Waals surface area contributed by atoms with Crippen LogP contribution in [0.3, 0.4) is 0 Å². The van der Waals surface area contributed by atoms with Crippen LogP contribution in [-0.4, -0.2) is 52.1 Å². The highest BCUT2D eigenvalue weighted by Gasteiger charge is 2.15. The molecule has 0 bridgehead atoms. The van der Waals surface area contributed by atoms with E-state index in [1.165, 1.54) is 4.90 Å². The summed E-state index contributed by atoms with van der Waals surface area (Å²) in [4.78, 5) is 31.8. The Balaban J connectivity index is 1.90. The molecule has 1 amide bonds. The average molecular weight is 315 g/mol. The predicted octanol–water partition coefficient (Wildman–Crippen LogP) is 1.63. The van der Waals surface area contributed by atoms with E-state index in [4.69, 9.17) is 9.84 Å². The van der Waals surface area contributed by atoms with E-state index >= 15 is 0 Å². The van der Waals surface area contributed by atoms with Crippen molar-refractivity contribution in [3.8, 4) is 5.75 Å². The number of rotatable bonds is 6. The lowest BCUT2D eigenvalue weighted by atomic mass is 10.2. The van der Waals surface area contributed by atoms with E-state index in [0.29, 0.717) is 13.2 Å². The molecule has 23 heavy (non-hydrogen) atoms. The second-order valence-corrected chi connectivity index (χ2v) is 4.93. The highest BCUT2D eigenvalue weighted by Crippen LogP contribution is 2.15. The minimum Gasteiger partial charge on any atom is -0.491 e.